The second kappa shape index (κ2) is 14.3. The molecule has 4 aromatic carbocycles. The quantitative estimate of drug-likeness (QED) is 0.152. The molecule has 264 valence electrons. The highest BCUT2D eigenvalue weighted by Gasteiger charge is 2.49. The molecule has 8 bridgehead atoms. The van der Waals surface area contributed by atoms with E-state index < -0.39 is 5.97 Å². The van der Waals surface area contributed by atoms with Gasteiger partial charge in [0.1, 0.15) is 0 Å². The summed E-state index contributed by atoms with van der Waals surface area (Å²) in [4.78, 5) is 11.8. The van der Waals surface area contributed by atoms with Crippen LogP contribution in [-0.2, 0) is 0 Å². The van der Waals surface area contributed by atoms with Gasteiger partial charge in [-0.25, -0.2) is 4.79 Å². The van der Waals surface area contributed by atoms with Crippen LogP contribution in [0.2, 0.25) is 0 Å². The molecule has 5 fully saturated rings. The van der Waals surface area contributed by atoms with Crippen molar-refractivity contribution in [2.75, 3.05) is 0 Å². The molecule has 5 aliphatic rings. The maximum Gasteiger partial charge on any atom is 0.335 e. The van der Waals surface area contributed by atoms with Crippen molar-refractivity contribution in [3.63, 3.8) is 0 Å². The molecule has 9 rings (SSSR count). The molecule has 0 radical (unpaired) electrons. The summed E-state index contributed by atoms with van der Waals surface area (Å²) in [7, 11) is 0. The number of rotatable bonds is 5. The lowest BCUT2D eigenvalue weighted by Gasteiger charge is -2.37. The van der Waals surface area contributed by atoms with Gasteiger partial charge in [0, 0.05) is 72.0 Å². The number of fused-ring (bicyclic) bond motifs is 8. The fraction of sp³-hybridized carbons (Fsp3) is 0.444. The van der Waals surface area contributed by atoms with Gasteiger partial charge in [-0.15, -0.1) is 0 Å². The lowest BCUT2D eigenvalue weighted by Crippen LogP contribution is -2.51. The Morgan fingerprint density at radius 1 is 0.373 bits per heavy atom. The molecule has 51 heavy (non-hydrogen) atoms. The van der Waals surface area contributed by atoms with Crippen molar-refractivity contribution in [2.24, 2.45) is 0 Å². The molecule has 10 atom stereocenters. The highest BCUT2D eigenvalue weighted by atomic mass is 16.4. The fourth-order valence-electron chi connectivity index (χ4n) is 11.3. The molecule has 6 nitrogen and oxygen atoms in total. The molecule has 0 spiro atoms. The van der Waals surface area contributed by atoms with Crippen molar-refractivity contribution in [3.05, 3.63) is 143 Å². The topological polar surface area (TPSA) is 85.4 Å². The molecule has 6 heteroatoms. The molecule has 0 amide bonds. The van der Waals surface area contributed by atoms with Gasteiger partial charge in [0.2, 0.25) is 0 Å². The smallest absolute Gasteiger partial charge is 0.335 e. The predicted molar refractivity (Wildman–Crippen MR) is 203 cm³/mol. The Kier molecular flexibility index (Phi) is 9.27. The lowest BCUT2D eigenvalue weighted by molar-refractivity contribution is 0.0697. The van der Waals surface area contributed by atoms with E-state index in [2.05, 4.69) is 124 Å². The first kappa shape index (κ1) is 33.1. The van der Waals surface area contributed by atoms with E-state index in [0.29, 0.717) is 71.7 Å². The summed E-state index contributed by atoms with van der Waals surface area (Å²) in [6.45, 7) is 0. The van der Waals surface area contributed by atoms with E-state index in [1.165, 1.54) is 47.9 Å². The molecule has 0 saturated carbocycles. The van der Waals surface area contributed by atoms with Crippen molar-refractivity contribution >= 4 is 5.97 Å². The third kappa shape index (κ3) is 6.46. The normalized spacial score (nSPS) is 36.2. The van der Waals surface area contributed by atoms with Crippen LogP contribution in [0, 0.1) is 0 Å². The first-order valence-corrected chi connectivity index (χ1v) is 19.6. The minimum absolute atomic E-state index is 0.250. The van der Waals surface area contributed by atoms with Gasteiger partial charge >= 0.3 is 5.97 Å². The average molecular weight is 681 g/mol. The van der Waals surface area contributed by atoms with Crippen LogP contribution in [-0.4, -0.2) is 59.4 Å². The second-order valence-corrected chi connectivity index (χ2v) is 16.1. The fourth-order valence-corrected chi connectivity index (χ4v) is 11.3. The Labute approximate surface area is 302 Å². The van der Waals surface area contributed by atoms with Crippen LogP contribution in [0.4, 0.5) is 0 Å². The van der Waals surface area contributed by atoms with Crippen LogP contribution in [0.25, 0.3) is 0 Å². The van der Waals surface area contributed by atoms with E-state index in [9.17, 15) is 9.90 Å². The Balaban J connectivity index is 1.13. The van der Waals surface area contributed by atoms with E-state index in [4.69, 9.17) is 0 Å². The zero-order valence-corrected chi connectivity index (χ0v) is 29.4. The number of benzene rings is 4. The monoisotopic (exact) mass is 680 g/mol. The second-order valence-electron chi connectivity index (χ2n) is 16.1. The molecule has 0 aliphatic carbocycles. The maximum atomic E-state index is 11.8. The Morgan fingerprint density at radius 2 is 0.608 bits per heavy atom. The Hall–Kier alpha value is -3.81. The van der Waals surface area contributed by atoms with Crippen LogP contribution >= 0.6 is 0 Å². The van der Waals surface area contributed by atoms with Crippen LogP contribution < -0.4 is 21.3 Å². The van der Waals surface area contributed by atoms with Crippen LogP contribution in [0.1, 0.15) is 108 Å². The molecule has 10 unspecified atom stereocenters. The van der Waals surface area contributed by atoms with Gasteiger partial charge in [-0.05, 0) is 85.8 Å². The first-order valence-electron chi connectivity index (χ1n) is 19.6. The standard InChI is InChI=1S/C45H52N4O2/c50-45(51)32-18-16-31(17-19-32)44-39-26-24-37(48-39)42(29-12-6-2-7-13-29)35-22-20-33(46-35)41(28-10-4-1-5-11-28)34-21-23-36(47-34)43(30-14-8-3-9-15-30)38-25-27-40(44)49-38/h1-19,33-44,46-49H,20-27H2,(H,50,51). The zero-order valence-electron chi connectivity index (χ0n) is 29.4. The van der Waals surface area contributed by atoms with Crippen molar-refractivity contribution in [1.82, 2.24) is 21.3 Å². The summed E-state index contributed by atoms with van der Waals surface area (Å²) in [5.74, 6) is 0.537. The highest BCUT2D eigenvalue weighted by Crippen LogP contribution is 2.45. The molecule has 0 aromatic heterocycles. The third-order valence-corrected chi connectivity index (χ3v) is 13.4. The van der Waals surface area contributed by atoms with Crippen molar-refractivity contribution in [1.29, 1.82) is 0 Å². The van der Waals surface area contributed by atoms with Gasteiger partial charge in [0.05, 0.1) is 5.56 Å². The Bertz CT molecular complexity index is 1690. The average Bonchev–Trinajstić information content (AvgIpc) is 4.01. The molecule has 5 N–H and O–H groups in total. The van der Waals surface area contributed by atoms with E-state index >= 15 is 0 Å². The number of carbonyl (C=O) groups is 1. The van der Waals surface area contributed by atoms with Crippen molar-refractivity contribution in [3.8, 4) is 0 Å². The molecule has 5 saturated heterocycles. The summed E-state index contributed by atoms with van der Waals surface area (Å²) in [6.07, 6.45) is 9.19. The molecular formula is C45H52N4O2. The van der Waals surface area contributed by atoms with Crippen LogP contribution in [0.5, 0.6) is 0 Å². The van der Waals surface area contributed by atoms with Crippen molar-refractivity contribution < 1.29 is 9.90 Å². The zero-order chi connectivity index (χ0) is 34.3. The summed E-state index contributed by atoms with van der Waals surface area (Å²) in [5.41, 5.74) is 5.91. The Morgan fingerprint density at radius 3 is 0.843 bits per heavy atom. The van der Waals surface area contributed by atoms with Gasteiger partial charge in [0.25, 0.3) is 0 Å². The summed E-state index contributed by atoms with van der Waals surface area (Å²) < 4.78 is 0. The maximum absolute atomic E-state index is 11.8. The number of carboxylic acids is 1. The van der Waals surface area contributed by atoms with Crippen molar-refractivity contribution in [2.45, 2.75) is 123 Å². The lowest BCUT2D eigenvalue weighted by atomic mass is 9.82. The third-order valence-electron chi connectivity index (χ3n) is 13.4. The highest BCUT2D eigenvalue weighted by molar-refractivity contribution is 5.87. The number of aromatic carboxylic acids is 1. The summed E-state index contributed by atoms with van der Waals surface area (Å²) in [6, 6.07) is 44.6. The molecular weight excluding hydrogens is 629 g/mol. The molecule has 5 aliphatic heterocycles. The predicted octanol–water partition coefficient (Wildman–Crippen LogP) is 7.32. The van der Waals surface area contributed by atoms with Gasteiger partial charge in [-0.3, -0.25) is 0 Å². The van der Waals surface area contributed by atoms with E-state index in [-0.39, 0.29) is 5.92 Å². The van der Waals surface area contributed by atoms with Crippen LogP contribution in [0.3, 0.4) is 0 Å². The number of carboxylic acid groups (broad SMARTS) is 1. The SMILES string of the molecule is O=C(O)c1ccc(C2C3CCC(N3)C(c3ccccc3)C3CCC(N3)C(c3ccccc3)C3CCC(N3)C(c3ccccc3)C3CCC2N3)cc1. The van der Waals surface area contributed by atoms with Gasteiger partial charge < -0.3 is 26.4 Å². The van der Waals surface area contributed by atoms with E-state index in [1.54, 1.807) is 0 Å². The minimum Gasteiger partial charge on any atom is -0.478 e. The minimum atomic E-state index is -0.867. The van der Waals surface area contributed by atoms with Gasteiger partial charge in [-0.2, -0.15) is 0 Å². The van der Waals surface area contributed by atoms with Crippen LogP contribution in [0.15, 0.2) is 115 Å². The number of hydrogen-bond acceptors (Lipinski definition) is 5. The van der Waals surface area contributed by atoms with Gasteiger partial charge in [0.15, 0.2) is 0 Å². The number of nitrogens with one attached hydrogen (secondary N) is 4. The summed E-state index contributed by atoms with van der Waals surface area (Å²) >= 11 is 0. The summed E-state index contributed by atoms with van der Waals surface area (Å²) in [5, 5.41) is 26.9. The van der Waals surface area contributed by atoms with Gasteiger partial charge in [-0.1, -0.05) is 103 Å². The molecule has 4 aromatic rings. The number of hydrogen-bond donors (Lipinski definition) is 5. The van der Waals surface area contributed by atoms with E-state index in [0.717, 1.165) is 25.7 Å². The largest absolute Gasteiger partial charge is 0.478 e. The van der Waals surface area contributed by atoms with E-state index in [1.807, 2.05) is 12.1 Å². The first-order chi connectivity index (χ1) is 25.1. The molecule has 5 heterocycles.